The zero-order chi connectivity index (χ0) is 20.1. The van der Waals surface area contributed by atoms with Crippen molar-refractivity contribution in [1.29, 1.82) is 0 Å². The van der Waals surface area contributed by atoms with Crippen molar-refractivity contribution in [2.45, 2.75) is 63.3 Å². The quantitative estimate of drug-likeness (QED) is 0.740. The summed E-state index contributed by atoms with van der Waals surface area (Å²) in [5.41, 5.74) is 0.192. The highest BCUT2D eigenvalue weighted by Crippen LogP contribution is 2.36. The lowest BCUT2D eigenvalue weighted by Crippen LogP contribution is -2.58. The van der Waals surface area contributed by atoms with Crippen LogP contribution in [0.4, 0.5) is 4.79 Å². The van der Waals surface area contributed by atoms with Gasteiger partial charge in [0.25, 0.3) is 0 Å². The SMILES string of the molecule is O=C(CC1CCN(C(=O)NCC2(N3CCSCC3)CCCC2)CC1)N1CCCC1. The maximum atomic E-state index is 12.8. The van der Waals surface area contributed by atoms with Crippen molar-refractivity contribution in [2.24, 2.45) is 5.92 Å². The summed E-state index contributed by atoms with van der Waals surface area (Å²) >= 11 is 2.05. The van der Waals surface area contributed by atoms with Crippen molar-refractivity contribution >= 4 is 23.7 Å². The zero-order valence-corrected chi connectivity index (χ0v) is 18.7. The molecule has 0 spiro atoms. The maximum Gasteiger partial charge on any atom is 0.317 e. The van der Waals surface area contributed by atoms with Crippen LogP contribution in [0.2, 0.25) is 0 Å². The standard InChI is InChI=1S/C22H38N4O2S/c27-20(24-9-3-4-10-24)17-19-5-11-25(12-6-19)21(28)23-18-22(7-1-2-8-22)26-13-15-29-16-14-26/h19H,1-18H2,(H,23,28). The Labute approximate surface area is 180 Å². The molecule has 0 atom stereocenters. The van der Waals surface area contributed by atoms with Crippen LogP contribution in [-0.2, 0) is 4.79 Å². The van der Waals surface area contributed by atoms with Gasteiger partial charge in [0, 0.05) is 69.3 Å². The Morgan fingerprint density at radius 2 is 1.52 bits per heavy atom. The van der Waals surface area contributed by atoms with Gasteiger partial charge in [0.15, 0.2) is 0 Å². The van der Waals surface area contributed by atoms with Gasteiger partial charge < -0.3 is 15.1 Å². The van der Waals surface area contributed by atoms with E-state index < -0.39 is 0 Å². The Morgan fingerprint density at radius 3 is 2.17 bits per heavy atom. The molecule has 0 unspecified atom stereocenters. The van der Waals surface area contributed by atoms with E-state index in [1.165, 1.54) is 37.2 Å². The first-order valence-corrected chi connectivity index (χ1v) is 13.0. The first kappa shape index (κ1) is 21.3. The molecule has 4 fully saturated rings. The monoisotopic (exact) mass is 422 g/mol. The Morgan fingerprint density at radius 1 is 0.862 bits per heavy atom. The Kier molecular flexibility index (Phi) is 7.27. The number of carbonyl (C=O) groups is 2. The molecule has 3 aliphatic heterocycles. The second-order valence-corrected chi connectivity index (χ2v) is 10.6. The second kappa shape index (κ2) is 9.90. The number of thioether (sulfide) groups is 1. The number of nitrogens with zero attached hydrogens (tertiary/aromatic N) is 3. The summed E-state index contributed by atoms with van der Waals surface area (Å²) in [6.45, 7) is 6.58. The highest BCUT2D eigenvalue weighted by molar-refractivity contribution is 7.99. The number of amides is 3. The summed E-state index contributed by atoms with van der Waals surface area (Å²) in [4.78, 5) is 31.9. The van der Waals surface area contributed by atoms with Crippen molar-refractivity contribution < 1.29 is 9.59 Å². The van der Waals surface area contributed by atoms with Crippen LogP contribution < -0.4 is 5.32 Å². The molecule has 4 aliphatic rings. The van der Waals surface area contributed by atoms with Gasteiger partial charge in [-0.3, -0.25) is 9.69 Å². The molecule has 4 rings (SSSR count). The number of urea groups is 1. The number of likely N-dealkylation sites (tertiary alicyclic amines) is 2. The summed E-state index contributed by atoms with van der Waals surface area (Å²) in [5, 5.41) is 3.30. The summed E-state index contributed by atoms with van der Waals surface area (Å²) < 4.78 is 0. The van der Waals surface area contributed by atoms with Crippen molar-refractivity contribution in [1.82, 2.24) is 20.0 Å². The van der Waals surface area contributed by atoms with Gasteiger partial charge in [-0.2, -0.15) is 11.8 Å². The van der Waals surface area contributed by atoms with E-state index in [1.807, 2.05) is 9.80 Å². The van der Waals surface area contributed by atoms with Crippen molar-refractivity contribution in [3.63, 3.8) is 0 Å². The number of hydrogen-bond donors (Lipinski definition) is 1. The molecule has 0 radical (unpaired) electrons. The summed E-state index contributed by atoms with van der Waals surface area (Å²) in [6.07, 6.45) is 9.92. The third-order valence-electron chi connectivity index (χ3n) is 7.61. The molecule has 7 heteroatoms. The molecule has 1 N–H and O–H groups in total. The largest absolute Gasteiger partial charge is 0.343 e. The smallest absolute Gasteiger partial charge is 0.317 e. The molecule has 0 aromatic heterocycles. The topological polar surface area (TPSA) is 55.9 Å². The molecule has 3 amide bonds. The molecule has 1 aliphatic carbocycles. The highest BCUT2D eigenvalue weighted by Gasteiger charge is 2.40. The summed E-state index contributed by atoms with van der Waals surface area (Å²) in [6, 6.07) is 0.104. The zero-order valence-electron chi connectivity index (χ0n) is 17.9. The predicted octanol–water partition coefficient (Wildman–Crippen LogP) is 2.78. The fraction of sp³-hybridized carbons (Fsp3) is 0.909. The fourth-order valence-electron chi connectivity index (χ4n) is 5.71. The minimum absolute atomic E-state index is 0.104. The summed E-state index contributed by atoms with van der Waals surface area (Å²) in [7, 11) is 0. The molecule has 3 saturated heterocycles. The van der Waals surface area contributed by atoms with Crippen LogP contribution in [0, 0.1) is 5.92 Å². The molecule has 0 aromatic carbocycles. The van der Waals surface area contributed by atoms with E-state index in [0.29, 0.717) is 18.2 Å². The van der Waals surface area contributed by atoms with Gasteiger partial charge in [0.1, 0.15) is 0 Å². The van der Waals surface area contributed by atoms with Crippen LogP contribution in [0.3, 0.4) is 0 Å². The number of carbonyl (C=O) groups excluding carboxylic acids is 2. The van der Waals surface area contributed by atoms with Gasteiger partial charge in [-0.05, 0) is 44.4 Å². The molecule has 1 saturated carbocycles. The molecule has 3 heterocycles. The van der Waals surface area contributed by atoms with Crippen LogP contribution >= 0.6 is 11.8 Å². The van der Waals surface area contributed by atoms with Crippen molar-refractivity contribution in [3.05, 3.63) is 0 Å². The van der Waals surface area contributed by atoms with Gasteiger partial charge in [0.05, 0.1) is 0 Å². The van der Waals surface area contributed by atoms with E-state index in [1.54, 1.807) is 0 Å². The lowest BCUT2D eigenvalue weighted by atomic mass is 9.93. The maximum absolute atomic E-state index is 12.8. The van der Waals surface area contributed by atoms with Crippen LogP contribution in [0.25, 0.3) is 0 Å². The van der Waals surface area contributed by atoms with Crippen LogP contribution in [0.5, 0.6) is 0 Å². The first-order valence-electron chi connectivity index (χ1n) is 11.8. The lowest BCUT2D eigenvalue weighted by molar-refractivity contribution is -0.131. The van der Waals surface area contributed by atoms with Gasteiger partial charge in [-0.25, -0.2) is 4.79 Å². The molecule has 0 bridgehead atoms. The van der Waals surface area contributed by atoms with Gasteiger partial charge >= 0.3 is 6.03 Å². The molecule has 0 aromatic rings. The Balaban J connectivity index is 1.21. The third kappa shape index (κ3) is 5.22. The van der Waals surface area contributed by atoms with Crippen LogP contribution in [-0.4, -0.2) is 89.5 Å². The van der Waals surface area contributed by atoms with E-state index >= 15 is 0 Å². The van der Waals surface area contributed by atoms with Gasteiger partial charge in [-0.15, -0.1) is 0 Å². The second-order valence-electron chi connectivity index (χ2n) is 9.41. The molecule has 29 heavy (non-hydrogen) atoms. The van der Waals surface area contributed by atoms with E-state index in [4.69, 9.17) is 0 Å². The molecular weight excluding hydrogens is 384 g/mol. The third-order valence-corrected chi connectivity index (χ3v) is 8.55. The van der Waals surface area contributed by atoms with Crippen LogP contribution in [0.15, 0.2) is 0 Å². The van der Waals surface area contributed by atoms with Crippen molar-refractivity contribution in [3.8, 4) is 0 Å². The first-order chi connectivity index (χ1) is 14.2. The normalized spacial score (nSPS) is 26.1. The van der Waals surface area contributed by atoms with E-state index in [9.17, 15) is 9.59 Å². The highest BCUT2D eigenvalue weighted by atomic mass is 32.2. The Hall–Kier alpha value is -0.950. The van der Waals surface area contributed by atoms with E-state index in [0.717, 1.165) is 71.5 Å². The number of nitrogens with one attached hydrogen (secondary N) is 1. The number of piperidine rings is 1. The molecule has 6 nitrogen and oxygen atoms in total. The molecular formula is C22H38N4O2S. The Bertz CT molecular complexity index is 561. The lowest BCUT2D eigenvalue weighted by Gasteiger charge is -2.44. The van der Waals surface area contributed by atoms with E-state index in [2.05, 4.69) is 22.0 Å². The minimum Gasteiger partial charge on any atom is -0.343 e. The summed E-state index contributed by atoms with van der Waals surface area (Å²) in [5.74, 6) is 3.21. The van der Waals surface area contributed by atoms with Gasteiger partial charge in [-0.1, -0.05) is 12.8 Å². The predicted molar refractivity (Wildman–Crippen MR) is 118 cm³/mol. The fourth-order valence-corrected chi connectivity index (χ4v) is 6.61. The average molecular weight is 423 g/mol. The minimum atomic E-state index is 0.104. The number of rotatable bonds is 5. The number of hydrogen-bond acceptors (Lipinski definition) is 4. The van der Waals surface area contributed by atoms with Gasteiger partial charge in [0.2, 0.25) is 5.91 Å². The van der Waals surface area contributed by atoms with Crippen molar-refractivity contribution in [2.75, 3.05) is 57.3 Å². The average Bonchev–Trinajstić information content (AvgIpc) is 3.46. The van der Waals surface area contributed by atoms with E-state index in [-0.39, 0.29) is 11.6 Å². The molecule has 164 valence electrons. The van der Waals surface area contributed by atoms with Crippen LogP contribution in [0.1, 0.15) is 57.8 Å².